The summed E-state index contributed by atoms with van der Waals surface area (Å²) in [5.41, 5.74) is 0. The van der Waals surface area contributed by atoms with E-state index in [1.165, 1.54) is 12.1 Å². The van der Waals surface area contributed by atoms with E-state index in [1.54, 1.807) is 0 Å². The number of aliphatic imine (C=N–C) groups is 1. The fraction of sp³-hybridized carbons (Fsp3) is 0.417. The SMILES string of the molecule is Fc1ccc(OCCNC2=NCCCN2)c(F)c1.I. The topological polar surface area (TPSA) is 45.6 Å². The highest BCUT2D eigenvalue weighted by atomic mass is 127. The van der Waals surface area contributed by atoms with Gasteiger partial charge in [-0.3, -0.25) is 4.99 Å². The molecular weight excluding hydrogens is 367 g/mol. The number of halogens is 3. The van der Waals surface area contributed by atoms with Gasteiger partial charge >= 0.3 is 0 Å². The van der Waals surface area contributed by atoms with Crippen LogP contribution in [0, 0.1) is 11.6 Å². The number of hydrogen-bond acceptors (Lipinski definition) is 4. The van der Waals surface area contributed by atoms with Gasteiger partial charge in [0, 0.05) is 19.2 Å². The summed E-state index contributed by atoms with van der Waals surface area (Å²) in [4.78, 5) is 4.22. The number of rotatable bonds is 4. The zero-order chi connectivity index (χ0) is 12.8. The van der Waals surface area contributed by atoms with Crippen molar-refractivity contribution < 1.29 is 13.5 Å². The molecule has 19 heavy (non-hydrogen) atoms. The lowest BCUT2D eigenvalue weighted by Crippen LogP contribution is -2.42. The van der Waals surface area contributed by atoms with Crippen LogP contribution in [0.1, 0.15) is 6.42 Å². The Labute approximate surface area is 127 Å². The van der Waals surface area contributed by atoms with Crippen LogP contribution in [0.15, 0.2) is 23.2 Å². The quantitative estimate of drug-likeness (QED) is 0.617. The summed E-state index contributed by atoms with van der Waals surface area (Å²) in [6, 6.07) is 3.25. The van der Waals surface area contributed by atoms with Gasteiger partial charge in [-0.2, -0.15) is 0 Å². The Bertz CT molecular complexity index is 443. The molecular formula is C12H16F2IN3O. The van der Waals surface area contributed by atoms with Crippen molar-refractivity contribution in [2.75, 3.05) is 26.2 Å². The van der Waals surface area contributed by atoms with Crippen LogP contribution in [-0.2, 0) is 0 Å². The van der Waals surface area contributed by atoms with Gasteiger partial charge in [0.2, 0.25) is 0 Å². The first-order valence-corrected chi connectivity index (χ1v) is 5.86. The predicted molar refractivity (Wildman–Crippen MR) is 80.2 cm³/mol. The maximum atomic E-state index is 13.2. The van der Waals surface area contributed by atoms with Crippen LogP contribution in [0.5, 0.6) is 5.75 Å². The Kier molecular flexibility index (Phi) is 6.82. The Hall–Kier alpha value is -1.12. The highest BCUT2D eigenvalue weighted by Crippen LogP contribution is 2.17. The fourth-order valence-electron chi connectivity index (χ4n) is 1.57. The van der Waals surface area contributed by atoms with Crippen LogP contribution >= 0.6 is 24.0 Å². The number of nitrogens with one attached hydrogen (secondary N) is 2. The van der Waals surface area contributed by atoms with E-state index in [4.69, 9.17) is 4.74 Å². The third-order valence-corrected chi connectivity index (χ3v) is 2.44. The minimum absolute atomic E-state index is 0. The molecule has 0 bridgehead atoms. The van der Waals surface area contributed by atoms with Gasteiger partial charge in [0.1, 0.15) is 12.4 Å². The smallest absolute Gasteiger partial charge is 0.191 e. The van der Waals surface area contributed by atoms with E-state index in [0.717, 1.165) is 31.5 Å². The van der Waals surface area contributed by atoms with Crippen molar-refractivity contribution in [2.24, 2.45) is 4.99 Å². The molecule has 4 nitrogen and oxygen atoms in total. The summed E-state index contributed by atoms with van der Waals surface area (Å²) in [6.07, 6.45) is 1.03. The van der Waals surface area contributed by atoms with Crippen molar-refractivity contribution in [1.82, 2.24) is 10.6 Å². The number of nitrogens with zero attached hydrogens (tertiary/aromatic N) is 1. The molecule has 106 valence electrons. The summed E-state index contributed by atoms with van der Waals surface area (Å²) in [6.45, 7) is 2.49. The lowest BCUT2D eigenvalue weighted by molar-refractivity contribution is 0.304. The second-order valence-corrected chi connectivity index (χ2v) is 3.86. The molecule has 0 fully saturated rings. The van der Waals surface area contributed by atoms with Gasteiger partial charge < -0.3 is 15.4 Å². The highest BCUT2D eigenvalue weighted by Gasteiger charge is 2.05. The molecule has 2 N–H and O–H groups in total. The Morgan fingerprint density at radius 2 is 2.21 bits per heavy atom. The van der Waals surface area contributed by atoms with Crippen molar-refractivity contribution >= 4 is 29.9 Å². The number of guanidine groups is 1. The normalized spacial score (nSPS) is 13.9. The minimum atomic E-state index is -0.692. The molecule has 0 saturated carbocycles. The van der Waals surface area contributed by atoms with Crippen molar-refractivity contribution in [2.45, 2.75) is 6.42 Å². The maximum absolute atomic E-state index is 13.2. The Morgan fingerprint density at radius 1 is 1.37 bits per heavy atom. The summed E-state index contributed by atoms with van der Waals surface area (Å²) < 4.78 is 31.1. The summed E-state index contributed by atoms with van der Waals surface area (Å²) in [5, 5.41) is 6.14. The molecule has 1 aromatic rings. The molecule has 0 spiro atoms. The molecule has 0 amide bonds. The van der Waals surface area contributed by atoms with Crippen LogP contribution in [-0.4, -0.2) is 32.2 Å². The van der Waals surface area contributed by atoms with Gasteiger partial charge in [0.05, 0.1) is 6.54 Å². The first-order chi connectivity index (χ1) is 8.75. The lowest BCUT2D eigenvalue weighted by Gasteiger charge is -2.16. The van der Waals surface area contributed by atoms with Gasteiger partial charge in [0.25, 0.3) is 0 Å². The Balaban J connectivity index is 0.00000180. The second kappa shape index (κ2) is 8.13. The van der Waals surface area contributed by atoms with Crippen molar-refractivity contribution in [3.8, 4) is 5.75 Å². The molecule has 0 aromatic heterocycles. The molecule has 2 rings (SSSR count). The van der Waals surface area contributed by atoms with Crippen LogP contribution in [0.4, 0.5) is 8.78 Å². The van der Waals surface area contributed by atoms with Crippen molar-refractivity contribution in [3.05, 3.63) is 29.8 Å². The average molecular weight is 383 g/mol. The predicted octanol–water partition coefficient (Wildman–Crippen LogP) is 1.90. The molecule has 1 aromatic carbocycles. The molecule has 1 heterocycles. The van der Waals surface area contributed by atoms with E-state index >= 15 is 0 Å². The van der Waals surface area contributed by atoms with Crippen LogP contribution < -0.4 is 15.4 Å². The molecule has 0 radical (unpaired) electrons. The van der Waals surface area contributed by atoms with E-state index in [-0.39, 0.29) is 36.3 Å². The van der Waals surface area contributed by atoms with E-state index in [0.29, 0.717) is 6.54 Å². The first kappa shape index (κ1) is 15.9. The van der Waals surface area contributed by atoms with Crippen LogP contribution in [0.25, 0.3) is 0 Å². The van der Waals surface area contributed by atoms with Crippen molar-refractivity contribution in [3.63, 3.8) is 0 Å². The lowest BCUT2D eigenvalue weighted by atomic mass is 10.3. The van der Waals surface area contributed by atoms with Crippen LogP contribution in [0.3, 0.4) is 0 Å². The molecule has 0 atom stereocenters. The van der Waals surface area contributed by atoms with E-state index < -0.39 is 11.6 Å². The Morgan fingerprint density at radius 3 is 2.89 bits per heavy atom. The second-order valence-electron chi connectivity index (χ2n) is 3.86. The third-order valence-electron chi connectivity index (χ3n) is 2.44. The van der Waals surface area contributed by atoms with Gasteiger partial charge in [-0.15, -0.1) is 24.0 Å². The van der Waals surface area contributed by atoms with Gasteiger partial charge in [-0.1, -0.05) is 0 Å². The monoisotopic (exact) mass is 383 g/mol. The average Bonchev–Trinajstić information content (AvgIpc) is 2.38. The zero-order valence-electron chi connectivity index (χ0n) is 10.3. The number of benzene rings is 1. The molecule has 7 heteroatoms. The summed E-state index contributed by atoms with van der Waals surface area (Å²) in [7, 11) is 0. The summed E-state index contributed by atoms with van der Waals surface area (Å²) >= 11 is 0. The van der Waals surface area contributed by atoms with Gasteiger partial charge in [-0.05, 0) is 18.6 Å². The van der Waals surface area contributed by atoms with Gasteiger partial charge in [-0.25, -0.2) is 8.78 Å². The van der Waals surface area contributed by atoms with Crippen LogP contribution in [0.2, 0.25) is 0 Å². The molecule has 0 aliphatic carbocycles. The fourth-order valence-corrected chi connectivity index (χ4v) is 1.57. The minimum Gasteiger partial charge on any atom is -0.489 e. The van der Waals surface area contributed by atoms with E-state index in [9.17, 15) is 8.78 Å². The first-order valence-electron chi connectivity index (χ1n) is 5.86. The number of hydrogen-bond donors (Lipinski definition) is 2. The summed E-state index contributed by atoms with van der Waals surface area (Å²) in [5.74, 6) is -0.511. The number of ether oxygens (including phenoxy) is 1. The molecule has 0 unspecified atom stereocenters. The molecule has 1 aliphatic heterocycles. The van der Waals surface area contributed by atoms with Crippen molar-refractivity contribution in [1.29, 1.82) is 0 Å². The maximum Gasteiger partial charge on any atom is 0.191 e. The van der Waals surface area contributed by atoms with E-state index in [2.05, 4.69) is 15.6 Å². The zero-order valence-corrected chi connectivity index (χ0v) is 12.6. The molecule has 1 aliphatic rings. The van der Waals surface area contributed by atoms with Gasteiger partial charge in [0.15, 0.2) is 17.5 Å². The van der Waals surface area contributed by atoms with E-state index in [1.807, 2.05) is 0 Å². The highest BCUT2D eigenvalue weighted by molar-refractivity contribution is 14.0. The largest absolute Gasteiger partial charge is 0.489 e. The standard InChI is InChI=1S/C12H15F2N3O.HI/c13-9-2-3-11(10(14)8-9)18-7-6-17-12-15-4-1-5-16-12;/h2-3,8H,1,4-7H2,(H2,15,16,17);1H. The molecule has 0 saturated heterocycles. The third kappa shape index (κ3) is 5.17.